The molecule has 0 radical (unpaired) electrons. The molecule has 0 aromatic rings. The van der Waals surface area contributed by atoms with Gasteiger partial charge in [0.05, 0.1) is 18.6 Å². The minimum atomic E-state index is -0.658. The van der Waals surface area contributed by atoms with Gasteiger partial charge >= 0.3 is 5.97 Å². The van der Waals surface area contributed by atoms with Gasteiger partial charge in [-0.05, 0) is 12.5 Å². The Morgan fingerprint density at radius 2 is 2.44 bits per heavy atom. The van der Waals surface area contributed by atoms with Gasteiger partial charge in [-0.25, -0.2) is 0 Å². The summed E-state index contributed by atoms with van der Waals surface area (Å²) in [7, 11) is 0. The molecule has 1 aliphatic heterocycles. The number of carbonyl (C=O) groups is 2. The van der Waals surface area contributed by atoms with Crippen LogP contribution in [0, 0.1) is 23.2 Å². The van der Waals surface area contributed by atoms with Crippen LogP contribution in [0.3, 0.4) is 0 Å². The molecule has 0 aromatic heterocycles. The van der Waals surface area contributed by atoms with Crippen LogP contribution in [0.2, 0.25) is 0 Å². The first kappa shape index (κ1) is 12.4. The van der Waals surface area contributed by atoms with Crippen molar-refractivity contribution in [3.05, 3.63) is 23.9 Å². The summed E-state index contributed by atoms with van der Waals surface area (Å²) >= 11 is 0. The van der Waals surface area contributed by atoms with Crippen LogP contribution in [0.15, 0.2) is 23.9 Å². The van der Waals surface area contributed by atoms with Crippen molar-refractivity contribution in [2.45, 2.75) is 6.92 Å². The number of hydrogen-bond donors (Lipinski definition) is 0. The van der Waals surface area contributed by atoms with Crippen LogP contribution in [-0.4, -0.2) is 36.3 Å². The summed E-state index contributed by atoms with van der Waals surface area (Å²) in [6, 6.07) is 1.97. The van der Waals surface area contributed by atoms with E-state index in [1.807, 2.05) is 6.07 Å². The molecule has 94 valence electrons. The van der Waals surface area contributed by atoms with Crippen molar-refractivity contribution in [1.82, 2.24) is 4.90 Å². The Morgan fingerprint density at radius 3 is 3.11 bits per heavy atom. The predicted molar refractivity (Wildman–Crippen MR) is 63.0 cm³/mol. The third kappa shape index (κ3) is 2.28. The van der Waals surface area contributed by atoms with Gasteiger partial charge in [0, 0.05) is 12.7 Å². The van der Waals surface area contributed by atoms with Crippen LogP contribution in [0.1, 0.15) is 6.92 Å². The average molecular weight is 246 g/mol. The highest BCUT2D eigenvalue weighted by atomic mass is 16.5. The first-order valence-corrected chi connectivity index (χ1v) is 5.88. The number of Topliss-reactive ketones (excluding diaryl/α,β-unsaturated/α-hetero) is 1. The molecule has 1 aliphatic carbocycles. The molecule has 0 spiro atoms. The number of esters is 1. The highest BCUT2D eigenvalue weighted by Gasteiger charge is 2.36. The molecule has 2 aliphatic rings. The largest absolute Gasteiger partial charge is 0.465 e. The van der Waals surface area contributed by atoms with Crippen LogP contribution in [0.5, 0.6) is 0 Å². The van der Waals surface area contributed by atoms with Crippen molar-refractivity contribution < 1.29 is 14.3 Å². The van der Waals surface area contributed by atoms with E-state index in [0.29, 0.717) is 13.2 Å². The van der Waals surface area contributed by atoms with E-state index in [2.05, 4.69) is 0 Å². The molecule has 0 amide bonds. The van der Waals surface area contributed by atoms with E-state index < -0.39 is 5.92 Å². The molecule has 0 N–H and O–H groups in total. The van der Waals surface area contributed by atoms with E-state index in [4.69, 9.17) is 10.00 Å². The smallest absolute Gasteiger partial charge is 0.325 e. The van der Waals surface area contributed by atoms with Gasteiger partial charge in [0.15, 0.2) is 5.78 Å². The fourth-order valence-corrected chi connectivity index (χ4v) is 2.22. The topological polar surface area (TPSA) is 70.4 Å². The number of carbonyl (C=O) groups excluding carboxylic acids is 2. The zero-order chi connectivity index (χ0) is 13.1. The molecule has 18 heavy (non-hydrogen) atoms. The fraction of sp³-hybridized carbons (Fsp3) is 0.462. The molecule has 5 nitrogen and oxygen atoms in total. The molecule has 1 heterocycles. The van der Waals surface area contributed by atoms with Gasteiger partial charge in [0.25, 0.3) is 0 Å². The van der Waals surface area contributed by atoms with Crippen LogP contribution in [-0.2, 0) is 14.3 Å². The number of nitriles is 1. The molecule has 0 saturated carbocycles. The van der Waals surface area contributed by atoms with Gasteiger partial charge in [0.2, 0.25) is 0 Å². The van der Waals surface area contributed by atoms with Gasteiger partial charge < -0.3 is 9.64 Å². The van der Waals surface area contributed by atoms with Crippen molar-refractivity contribution in [2.75, 3.05) is 19.7 Å². The maximum absolute atomic E-state index is 11.9. The summed E-state index contributed by atoms with van der Waals surface area (Å²) in [6.07, 6.45) is 5.20. The number of nitrogens with zero attached hydrogens (tertiary/aromatic N) is 2. The average Bonchev–Trinajstić information content (AvgIpc) is 2.73. The van der Waals surface area contributed by atoms with E-state index in [1.54, 1.807) is 30.2 Å². The molecule has 2 rings (SSSR count). The van der Waals surface area contributed by atoms with Crippen molar-refractivity contribution in [3.8, 4) is 6.07 Å². The fourth-order valence-electron chi connectivity index (χ4n) is 2.22. The van der Waals surface area contributed by atoms with Crippen molar-refractivity contribution in [1.29, 1.82) is 5.26 Å². The molecule has 0 aromatic carbocycles. The van der Waals surface area contributed by atoms with Crippen molar-refractivity contribution >= 4 is 11.8 Å². The van der Waals surface area contributed by atoms with Gasteiger partial charge in [-0.3, -0.25) is 9.59 Å². The van der Waals surface area contributed by atoms with Crippen LogP contribution < -0.4 is 0 Å². The van der Waals surface area contributed by atoms with Crippen LogP contribution in [0.25, 0.3) is 0 Å². The molecule has 2 unspecified atom stereocenters. The van der Waals surface area contributed by atoms with Gasteiger partial charge in [0.1, 0.15) is 12.5 Å². The number of hydrogen-bond acceptors (Lipinski definition) is 5. The third-order valence-corrected chi connectivity index (χ3v) is 3.06. The van der Waals surface area contributed by atoms with Crippen molar-refractivity contribution in [3.63, 3.8) is 0 Å². The summed E-state index contributed by atoms with van der Waals surface area (Å²) in [5.41, 5.74) is 0.871. The Bertz CT molecular complexity index is 473. The maximum Gasteiger partial charge on any atom is 0.325 e. The molecule has 2 atom stereocenters. The third-order valence-electron chi connectivity index (χ3n) is 3.06. The first-order valence-electron chi connectivity index (χ1n) is 5.88. The number of fused-ring (bicyclic) bond motifs is 1. The summed E-state index contributed by atoms with van der Waals surface area (Å²) in [5, 5.41) is 8.83. The lowest BCUT2D eigenvalue weighted by atomic mass is 9.84. The number of rotatable bonds is 3. The summed E-state index contributed by atoms with van der Waals surface area (Å²) in [4.78, 5) is 25.1. The zero-order valence-corrected chi connectivity index (χ0v) is 10.1. The first-order chi connectivity index (χ1) is 8.65. The molecular formula is C13H14N2O3. The quantitative estimate of drug-likeness (QED) is 0.683. The van der Waals surface area contributed by atoms with E-state index >= 15 is 0 Å². The highest BCUT2D eigenvalue weighted by Crippen LogP contribution is 2.30. The second-order valence-electron chi connectivity index (χ2n) is 4.28. The lowest BCUT2D eigenvalue weighted by molar-refractivity contribution is -0.144. The normalized spacial score (nSPS) is 25.4. The molecule has 5 heteroatoms. The number of allylic oxidation sites excluding steroid dienone is 2. The van der Waals surface area contributed by atoms with E-state index in [9.17, 15) is 9.59 Å². The lowest BCUT2D eigenvalue weighted by Gasteiger charge is -2.19. The summed E-state index contributed by atoms with van der Waals surface area (Å²) in [5.74, 6) is -1.33. The molecule has 0 saturated heterocycles. The minimum Gasteiger partial charge on any atom is -0.465 e. The van der Waals surface area contributed by atoms with E-state index in [0.717, 1.165) is 5.57 Å². The van der Waals surface area contributed by atoms with Crippen LogP contribution in [0.4, 0.5) is 0 Å². The maximum atomic E-state index is 11.9. The van der Waals surface area contributed by atoms with Gasteiger partial charge in [-0.15, -0.1) is 0 Å². The number of ether oxygens (including phenoxy) is 1. The molecule has 0 fully saturated rings. The Morgan fingerprint density at radius 1 is 1.67 bits per heavy atom. The zero-order valence-electron chi connectivity index (χ0n) is 10.1. The minimum absolute atomic E-state index is 0.0855. The standard InChI is InChI=1S/C13H14N2O3/c1-2-18-12(16)8-15-6-10-4-3-9(5-14)13(17)11(10)7-15/h3-4,6,9,11H,2,7-8H2,1H3. The summed E-state index contributed by atoms with van der Waals surface area (Å²) in [6.45, 7) is 2.70. The van der Waals surface area contributed by atoms with E-state index in [-0.39, 0.29) is 24.2 Å². The highest BCUT2D eigenvalue weighted by molar-refractivity contribution is 5.92. The SMILES string of the molecule is CCOC(=O)CN1C=C2C=CC(C#N)C(=O)C2C1. The Hall–Kier alpha value is -2.09. The van der Waals surface area contributed by atoms with Gasteiger partial charge in [-0.1, -0.05) is 12.2 Å². The molecule has 0 bridgehead atoms. The van der Waals surface area contributed by atoms with E-state index in [1.165, 1.54) is 0 Å². The van der Waals surface area contributed by atoms with Crippen LogP contribution >= 0.6 is 0 Å². The van der Waals surface area contributed by atoms with Gasteiger partial charge in [-0.2, -0.15) is 5.26 Å². The molecular weight excluding hydrogens is 232 g/mol. The second kappa shape index (κ2) is 5.05. The lowest BCUT2D eigenvalue weighted by Crippen LogP contribution is -2.32. The monoisotopic (exact) mass is 246 g/mol. The number of ketones is 1. The Balaban J connectivity index is 2.03. The predicted octanol–water partition coefficient (Wildman–Crippen LogP) is 0.644. The van der Waals surface area contributed by atoms with Crippen molar-refractivity contribution in [2.24, 2.45) is 11.8 Å². The Kier molecular flexibility index (Phi) is 3.47. The summed E-state index contributed by atoms with van der Waals surface area (Å²) < 4.78 is 4.86. The Labute approximate surface area is 105 Å². The second-order valence-corrected chi connectivity index (χ2v) is 4.28.